The van der Waals surface area contributed by atoms with E-state index in [1.807, 2.05) is 6.92 Å². The van der Waals surface area contributed by atoms with Crippen LogP contribution in [-0.4, -0.2) is 35.1 Å². The predicted molar refractivity (Wildman–Crippen MR) is 96.2 cm³/mol. The minimum Gasteiger partial charge on any atom is -0.458 e. The quantitative estimate of drug-likeness (QED) is 0.450. The van der Waals surface area contributed by atoms with Crippen LogP contribution in [0.4, 0.5) is 26.3 Å². The zero-order valence-electron chi connectivity index (χ0n) is 17.4. The highest BCUT2D eigenvalue weighted by Crippen LogP contribution is 2.62. The van der Waals surface area contributed by atoms with Crippen LogP contribution in [0.1, 0.15) is 65.7 Å². The van der Waals surface area contributed by atoms with Crippen molar-refractivity contribution in [1.82, 2.24) is 0 Å². The van der Waals surface area contributed by atoms with E-state index in [9.17, 15) is 36.2 Å². The zero-order valence-corrected chi connectivity index (χ0v) is 17.4. The molecule has 3 aliphatic carbocycles. The largest absolute Gasteiger partial charge is 0.458 e. The van der Waals surface area contributed by atoms with E-state index in [-0.39, 0.29) is 30.6 Å². The molecule has 3 aliphatic rings. The lowest BCUT2D eigenvalue weighted by Crippen LogP contribution is -2.67. The molecular formula is C21H30F6O3. The van der Waals surface area contributed by atoms with Crippen molar-refractivity contribution < 1.29 is 41.0 Å². The maximum Gasteiger partial charge on any atom is 0.430 e. The van der Waals surface area contributed by atoms with Crippen molar-refractivity contribution in [2.75, 3.05) is 0 Å². The lowest BCUT2D eigenvalue weighted by atomic mass is 9.66. The van der Waals surface area contributed by atoms with Gasteiger partial charge in [0.25, 0.3) is 5.60 Å². The third-order valence-electron chi connectivity index (χ3n) is 8.32. The minimum absolute atomic E-state index is 0.0443. The summed E-state index contributed by atoms with van der Waals surface area (Å²) in [6.07, 6.45) is -12.0. The predicted octanol–water partition coefficient (Wildman–Crippen LogP) is 5.65. The molecular weight excluding hydrogens is 414 g/mol. The summed E-state index contributed by atoms with van der Waals surface area (Å²) in [4.78, 5) is 13.1. The first kappa shape index (κ1) is 23.7. The number of alkyl halides is 6. The summed E-state index contributed by atoms with van der Waals surface area (Å²) in [6.45, 7) is 5.60. The molecule has 3 rings (SSSR count). The van der Waals surface area contributed by atoms with E-state index in [0.717, 1.165) is 0 Å². The summed E-state index contributed by atoms with van der Waals surface area (Å²) < 4.78 is 86.9. The summed E-state index contributed by atoms with van der Waals surface area (Å²) in [5.74, 6) is -1.74. The SMILES string of the molecule is CC1C2CC(C1C)C(C)(C(=O)OC(C1CCCCC1)C(O)(C(F)(F)F)C(F)(F)F)C2. The third kappa shape index (κ3) is 3.52. The van der Waals surface area contributed by atoms with Gasteiger partial charge in [-0.3, -0.25) is 4.79 Å². The topological polar surface area (TPSA) is 46.5 Å². The lowest BCUT2D eigenvalue weighted by molar-refractivity contribution is -0.397. The molecule has 0 heterocycles. The van der Waals surface area contributed by atoms with E-state index in [1.54, 1.807) is 6.92 Å². The molecule has 3 fully saturated rings. The number of hydrogen-bond acceptors (Lipinski definition) is 3. The van der Waals surface area contributed by atoms with E-state index < -0.39 is 41.4 Å². The van der Waals surface area contributed by atoms with Crippen molar-refractivity contribution in [3.63, 3.8) is 0 Å². The molecule has 6 atom stereocenters. The van der Waals surface area contributed by atoms with Crippen LogP contribution in [0, 0.1) is 35.0 Å². The van der Waals surface area contributed by atoms with E-state index in [0.29, 0.717) is 38.0 Å². The summed E-state index contributed by atoms with van der Waals surface area (Å²) in [6, 6.07) is 0. The molecule has 0 aromatic rings. The van der Waals surface area contributed by atoms with Crippen LogP contribution >= 0.6 is 0 Å². The van der Waals surface area contributed by atoms with Gasteiger partial charge in [-0.25, -0.2) is 0 Å². The molecule has 0 amide bonds. The van der Waals surface area contributed by atoms with Gasteiger partial charge in [-0.2, -0.15) is 26.3 Å². The Balaban J connectivity index is 1.95. The fourth-order valence-electron chi connectivity index (χ4n) is 6.28. The minimum atomic E-state index is -6.02. The first-order chi connectivity index (χ1) is 13.6. The fourth-order valence-corrected chi connectivity index (χ4v) is 6.28. The van der Waals surface area contributed by atoms with Crippen LogP contribution < -0.4 is 0 Å². The fraction of sp³-hybridized carbons (Fsp3) is 0.952. The van der Waals surface area contributed by atoms with E-state index in [4.69, 9.17) is 4.74 Å². The molecule has 0 radical (unpaired) electrons. The number of fused-ring (bicyclic) bond motifs is 2. The molecule has 1 N–H and O–H groups in total. The Morgan fingerprint density at radius 3 is 1.97 bits per heavy atom. The smallest absolute Gasteiger partial charge is 0.430 e. The maximum atomic E-state index is 13.6. The Kier molecular flexibility index (Phi) is 5.96. The molecule has 0 spiro atoms. The maximum absolute atomic E-state index is 13.6. The molecule has 0 saturated heterocycles. The van der Waals surface area contributed by atoms with Crippen LogP contribution in [0.3, 0.4) is 0 Å². The highest BCUT2D eigenvalue weighted by atomic mass is 19.4. The van der Waals surface area contributed by atoms with Gasteiger partial charge in [-0.15, -0.1) is 0 Å². The van der Waals surface area contributed by atoms with Gasteiger partial charge in [0, 0.05) is 0 Å². The molecule has 0 aromatic heterocycles. The van der Waals surface area contributed by atoms with E-state index in [2.05, 4.69) is 6.92 Å². The number of aliphatic hydroxyl groups is 1. The molecule has 0 aliphatic heterocycles. The third-order valence-corrected chi connectivity index (χ3v) is 8.32. The van der Waals surface area contributed by atoms with E-state index >= 15 is 0 Å². The number of carbonyl (C=O) groups excluding carboxylic acids is 1. The van der Waals surface area contributed by atoms with Crippen LogP contribution in [0.25, 0.3) is 0 Å². The second-order valence-electron chi connectivity index (χ2n) is 9.93. The number of ether oxygens (including phenoxy) is 1. The molecule has 9 heteroatoms. The second kappa shape index (κ2) is 7.55. The van der Waals surface area contributed by atoms with Gasteiger partial charge in [0.05, 0.1) is 5.41 Å². The standard InChI is InChI=1S/C21H30F6O3/c1-11-12(2)15-9-14(11)10-18(15,3)17(28)30-16(13-7-5-4-6-8-13)19(29,20(22,23)24)21(25,26)27/h11-16,29H,4-10H2,1-3H3. The lowest BCUT2D eigenvalue weighted by Gasteiger charge is -2.45. The Labute approximate surface area is 172 Å². The van der Waals surface area contributed by atoms with Gasteiger partial charge in [0.1, 0.15) is 0 Å². The van der Waals surface area contributed by atoms with Crippen LogP contribution in [0.5, 0.6) is 0 Å². The van der Waals surface area contributed by atoms with Gasteiger partial charge in [0.2, 0.25) is 0 Å². The van der Waals surface area contributed by atoms with Crippen molar-refractivity contribution in [3.8, 4) is 0 Å². The Hall–Kier alpha value is -0.990. The summed E-state index contributed by atoms with van der Waals surface area (Å²) in [5, 5.41) is 10.1. The zero-order chi connectivity index (χ0) is 22.7. The Morgan fingerprint density at radius 1 is 1.00 bits per heavy atom. The van der Waals surface area contributed by atoms with Crippen molar-refractivity contribution >= 4 is 5.97 Å². The Bertz CT molecular complexity index is 638. The molecule has 3 nitrogen and oxygen atoms in total. The normalized spacial score (nSPS) is 36.7. The molecule has 2 bridgehead atoms. The molecule has 3 saturated carbocycles. The highest BCUT2D eigenvalue weighted by Gasteiger charge is 2.76. The molecule has 6 unspecified atom stereocenters. The van der Waals surface area contributed by atoms with Gasteiger partial charge >= 0.3 is 18.3 Å². The average molecular weight is 444 g/mol. The number of esters is 1. The highest BCUT2D eigenvalue weighted by molar-refractivity contribution is 5.78. The molecule has 30 heavy (non-hydrogen) atoms. The summed E-state index contributed by atoms with van der Waals surface area (Å²) in [7, 11) is 0. The number of carbonyl (C=O) groups is 1. The average Bonchev–Trinajstić information content (AvgIpc) is 3.14. The number of halogens is 6. The van der Waals surface area contributed by atoms with Crippen molar-refractivity contribution in [2.45, 2.75) is 89.8 Å². The van der Waals surface area contributed by atoms with Crippen LogP contribution in [0.15, 0.2) is 0 Å². The van der Waals surface area contributed by atoms with Crippen LogP contribution in [0.2, 0.25) is 0 Å². The monoisotopic (exact) mass is 444 g/mol. The summed E-state index contributed by atoms with van der Waals surface area (Å²) in [5.41, 5.74) is -6.23. The summed E-state index contributed by atoms with van der Waals surface area (Å²) >= 11 is 0. The van der Waals surface area contributed by atoms with Crippen molar-refractivity contribution in [2.24, 2.45) is 35.0 Å². The second-order valence-corrected chi connectivity index (χ2v) is 9.93. The first-order valence-electron chi connectivity index (χ1n) is 10.7. The molecule has 174 valence electrons. The van der Waals surface area contributed by atoms with E-state index in [1.165, 1.54) is 0 Å². The van der Waals surface area contributed by atoms with Gasteiger partial charge in [-0.05, 0) is 62.2 Å². The number of rotatable bonds is 4. The van der Waals surface area contributed by atoms with Crippen molar-refractivity contribution in [3.05, 3.63) is 0 Å². The van der Waals surface area contributed by atoms with Gasteiger partial charge in [0.15, 0.2) is 6.10 Å². The van der Waals surface area contributed by atoms with Crippen LogP contribution in [-0.2, 0) is 9.53 Å². The van der Waals surface area contributed by atoms with Gasteiger partial charge < -0.3 is 9.84 Å². The number of hydrogen-bond donors (Lipinski definition) is 1. The first-order valence-corrected chi connectivity index (χ1v) is 10.7. The Morgan fingerprint density at radius 2 is 1.53 bits per heavy atom. The molecule has 0 aromatic carbocycles. The van der Waals surface area contributed by atoms with Crippen molar-refractivity contribution in [1.29, 1.82) is 0 Å². The van der Waals surface area contributed by atoms with Gasteiger partial charge in [-0.1, -0.05) is 33.1 Å².